The lowest BCUT2D eigenvalue weighted by Crippen LogP contribution is -2.40. The van der Waals surface area contributed by atoms with E-state index in [1.807, 2.05) is 0 Å². The van der Waals surface area contributed by atoms with E-state index in [4.69, 9.17) is 0 Å². The molecule has 3 fully saturated rings. The van der Waals surface area contributed by atoms with Gasteiger partial charge in [0.15, 0.2) is 0 Å². The van der Waals surface area contributed by atoms with E-state index in [9.17, 15) is 8.78 Å². The van der Waals surface area contributed by atoms with Gasteiger partial charge in [0, 0.05) is 23.9 Å². The van der Waals surface area contributed by atoms with E-state index in [1.165, 1.54) is 0 Å². The van der Waals surface area contributed by atoms with Gasteiger partial charge in [0.1, 0.15) is 0 Å². The van der Waals surface area contributed by atoms with E-state index in [2.05, 4.69) is 5.32 Å². The predicted octanol–water partition coefficient (Wildman–Crippen LogP) is 1.93. The molecule has 68 valence electrons. The summed E-state index contributed by atoms with van der Waals surface area (Å²) in [6.07, 6.45) is 3.83. The summed E-state index contributed by atoms with van der Waals surface area (Å²) in [6.45, 7) is 0. The Hall–Kier alpha value is -0.180. The van der Waals surface area contributed by atoms with Gasteiger partial charge in [0.05, 0.1) is 0 Å². The Balaban J connectivity index is 1.84. The van der Waals surface area contributed by atoms with Gasteiger partial charge in [0.2, 0.25) is 0 Å². The molecule has 2 atom stereocenters. The van der Waals surface area contributed by atoms with Crippen LogP contribution < -0.4 is 5.32 Å². The second-order valence-electron chi connectivity index (χ2n) is 4.71. The topological polar surface area (TPSA) is 12.0 Å². The molecule has 3 rings (SSSR count). The van der Waals surface area contributed by atoms with Crippen molar-refractivity contribution in [1.29, 1.82) is 0 Å². The van der Waals surface area contributed by atoms with E-state index in [0.717, 1.165) is 25.7 Å². The molecule has 0 aromatic rings. The fourth-order valence-electron chi connectivity index (χ4n) is 3.07. The van der Waals surface area contributed by atoms with Crippen LogP contribution in [0.15, 0.2) is 0 Å². The average molecular weight is 173 g/mol. The molecule has 1 aliphatic carbocycles. The van der Waals surface area contributed by atoms with Crippen molar-refractivity contribution >= 4 is 0 Å². The molecule has 3 aliphatic rings. The number of fused-ring (bicyclic) bond motifs is 2. The molecule has 2 saturated heterocycles. The minimum Gasteiger partial charge on any atom is -0.311 e. The van der Waals surface area contributed by atoms with Crippen molar-refractivity contribution in [2.75, 3.05) is 0 Å². The van der Waals surface area contributed by atoms with Gasteiger partial charge in [-0.3, -0.25) is 0 Å². The summed E-state index contributed by atoms with van der Waals surface area (Å²) < 4.78 is 26.0. The van der Waals surface area contributed by atoms with Gasteiger partial charge >= 0.3 is 0 Å². The van der Waals surface area contributed by atoms with Crippen molar-refractivity contribution in [3.05, 3.63) is 0 Å². The van der Waals surface area contributed by atoms with Crippen molar-refractivity contribution < 1.29 is 8.78 Å². The molecule has 3 heteroatoms. The molecule has 1 nitrogen and oxygen atoms in total. The summed E-state index contributed by atoms with van der Waals surface area (Å²) in [5.41, 5.74) is -0.565. The molecule has 2 unspecified atom stereocenters. The maximum atomic E-state index is 13.0. The van der Waals surface area contributed by atoms with Crippen LogP contribution in [0.25, 0.3) is 0 Å². The van der Waals surface area contributed by atoms with E-state index in [-0.39, 0.29) is 6.42 Å². The standard InChI is InChI=1S/C9H13F2N/c10-9(11)5-8(9)3-6-1-2-7(4-8)12-6/h6-7,12H,1-5H2. The van der Waals surface area contributed by atoms with Crippen LogP contribution in [-0.4, -0.2) is 18.0 Å². The number of hydrogen-bond acceptors (Lipinski definition) is 1. The lowest BCUT2D eigenvalue weighted by molar-refractivity contribution is 0.0422. The van der Waals surface area contributed by atoms with Gasteiger partial charge < -0.3 is 5.32 Å². The zero-order valence-corrected chi connectivity index (χ0v) is 6.95. The first-order valence-corrected chi connectivity index (χ1v) is 4.75. The van der Waals surface area contributed by atoms with E-state index >= 15 is 0 Å². The van der Waals surface area contributed by atoms with Crippen LogP contribution in [0.5, 0.6) is 0 Å². The Labute approximate surface area is 70.5 Å². The van der Waals surface area contributed by atoms with Crippen LogP contribution in [0.2, 0.25) is 0 Å². The third-order valence-corrected chi connectivity index (χ3v) is 3.82. The maximum Gasteiger partial charge on any atom is 0.254 e. The van der Waals surface area contributed by atoms with Crippen LogP contribution >= 0.6 is 0 Å². The molecule has 0 aromatic carbocycles. The van der Waals surface area contributed by atoms with Gasteiger partial charge in [-0.2, -0.15) is 0 Å². The van der Waals surface area contributed by atoms with Gasteiger partial charge in [0.25, 0.3) is 5.92 Å². The molecule has 0 radical (unpaired) electrons. The summed E-state index contributed by atoms with van der Waals surface area (Å²) in [7, 11) is 0. The number of halogens is 2. The lowest BCUT2D eigenvalue weighted by Gasteiger charge is -2.29. The first-order chi connectivity index (χ1) is 5.61. The number of rotatable bonds is 0. The first-order valence-electron chi connectivity index (χ1n) is 4.75. The highest BCUT2D eigenvalue weighted by molar-refractivity contribution is 5.16. The van der Waals surface area contributed by atoms with Gasteiger partial charge in [-0.05, 0) is 25.7 Å². The molecule has 1 saturated carbocycles. The minimum absolute atomic E-state index is 0.161. The Morgan fingerprint density at radius 1 is 1.08 bits per heavy atom. The highest BCUT2D eigenvalue weighted by atomic mass is 19.3. The molecule has 0 amide bonds. The fourth-order valence-corrected chi connectivity index (χ4v) is 3.07. The van der Waals surface area contributed by atoms with Crippen molar-refractivity contribution in [3.63, 3.8) is 0 Å². The van der Waals surface area contributed by atoms with Crippen LogP contribution in [0.4, 0.5) is 8.78 Å². The average Bonchev–Trinajstić information content (AvgIpc) is 2.35. The normalized spacial score (nSPS) is 54.5. The summed E-state index contributed by atoms with van der Waals surface area (Å²) in [5, 5.41) is 3.39. The Kier molecular flexibility index (Phi) is 1.11. The smallest absolute Gasteiger partial charge is 0.254 e. The van der Waals surface area contributed by atoms with Gasteiger partial charge in [-0.1, -0.05) is 0 Å². The third-order valence-electron chi connectivity index (χ3n) is 3.82. The van der Waals surface area contributed by atoms with Crippen LogP contribution in [0, 0.1) is 5.41 Å². The molecule has 12 heavy (non-hydrogen) atoms. The number of nitrogens with one attached hydrogen (secondary N) is 1. The van der Waals surface area contributed by atoms with Crippen LogP contribution in [0.1, 0.15) is 32.1 Å². The van der Waals surface area contributed by atoms with Crippen LogP contribution in [-0.2, 0) is 0 Å². The second kappa shape index (κ2) is 1.84. The largest absolute Gasteiger partial charge is 0.311 e. The quantitative estimate of drug-likeness (QED) is 0.590. The SMILES string of the molecule is FC1(F)CC12CC1CCC(C2)N1. The molecule has 2 bridgehead atoms. The first kappa shape index (κ1) is 7.25. The number of piperidine rings is 1. The van der Waals surface area contributed by atoms with Crippen molar-refractivity contribution in [2.45, 2.75) is 50.1 Å². The van der Waals surface area contributed by atoms with E-state index in [1.54, 1.807) is 0 Å². The van der Waals surface area contributed by atoms with Crippen molar-refractivity contribution in [1.82, 2.24) is 5.32 Å². The molecule has 2 heterocycles. The van der Waals surface area contributed by atoms with E-state index < -0.39 is 11.3 Å². The van der Waals surface area contributed by atoms with E-state index in [0.29, 0.717) is 12.1 Å². The maximum absolute atomic E-state index is 13.0. The number of hydrogen-bond donors (Lipinski definition) is 1. The Morgan fingerprint density at radius 3 is 2.00 bits per heavy atom. The summed E-state index contributed by atoms with van der Waals surface area (Å²) >= 11 is 0. The molecule has 1 spiro atoms. The van der Waals surface area contributed by atoms with Crippen molar-refractivity contribution in [3.8, 4) is 0 Å². The lowest BCUT2D eigenvalue weighted by atomic mass is 9.89. The zero-order valence-electron chi connectivity index (χ0n) is 6.95. The molecule has 1 N–H and O–H groups in total. The van der Waals surface area contributed by atoms with Crippen LogP contribution in [0.3, 0.4) is 0 Å². The predicted molar refractivity (Wildman–Crippen MR) is 41.2 cm³/mol. The molecular formula is C9H13F2N. The molecule has 2 aliphatic heterocycles. The highest BCUT2D eigenvalue weighted by Crippen LogP contribution is 2.67. The monoisotopic (exact) mass is 173 g/mol. The van der Waals surface area contributed by atoms with Crippen molar-refractivity contribution in [2.24, 2.45) is 5.41 Å². The van der Waals surface area contributed by atoms with Gasteiger partial charge in [-0.25, -0.2) is 8.78 Å². The fraction of sp³-hybridized carbons (Fsp3) is 1.00. The summed E-state index contributed by atoms with van der Waals surface area (Å²) in [6, 6.07) is 0.800. The van der Waals surface area contributed by atoms with Gasteiger partial charge in [-0.15, -0.1) is 0 Å². The Bertz CT molecular complexity index is 215. The molecule has 0 aromatic heterocycles. The molecular weight excluding hydrogens is 160 g/mol. The number of alkyl halides is 2. The summed E-state index contributed by atoms with van der Waals surface area (Å²) in [5.74, 6) is -2.32. The highest BCUT2D eigenvalue weighted by Gasteiger charge is 2.72. The summed E-state index contributed by atoms with van der Waals surface area (Å²) in [4.78, 5) is 0. The second-order valence-corrected chi connectivity index (χ2v) is 4.71. The third kappa shape index (κ3) is 0.754. The zero-order chi connectivity index (χ0) is 8.40. The minimum atomic E-state index is -2.32. The Morgan fingerprint density at radius 2 is 1.58 bits per heavy atom.